The molecule has 2 aromatic rings. The van der Waals surface area contributed by atoms with Gasteiger partial charge in [0.15, 0.2) is 0 Å². The van der Waals surface area contributed by atoms with Crippen LogP contribution in [-0.2, 0) is 9.53 Å². The Kier molecular flexibility index (Phi) is 6.48. The predicted octanol–water partition coefficient (Wildman–Crippen LogP) is 2.31. The van der Waals surface area contributed by atoms with Crippen molar-refractivity contribution in [2.45, 2.75) is 18.6 Å². The number of morpholine rings is 1. The third kappa shape index (κ3) is 4.95. The monoisotopic (exact) mass is 447 g/mol. The quantitative estimate of drug-likeness (QED) is 0.775. The van der Waals surface area contributed by atoms with Gasteiger partial charge in [-0.2, -0.15) is 18.4 Å². The highest BCUT2D eigenvalue weighted by molar-refractivity contribution is 5.95. The molecule has 1 amide bonds. The first-order chi connectivity index (χ1) is 15.3. The Labute approximate surface area is 183 Å². The molecule has 0 radical (unpaired) electrons. The number of halogens is 3. The number of alkyl halides is 3. The zero-order chi connectivity index (χ0) is 22.7. The van der Waals surface area contributed by atoms with Crippen molar-refractivity contribution < 1.29 is 22.7 Å². The van der Waals surface area contributed by atoms with E-state index < -0.39 is 18.1 Å². The zero-order valence-corrected chi connectivity index (χ0v) is 17.4. The third-order valence-corrected chi connectivity index (χ3v) is 5.96. The number of benzene rings is 1. The molecular formula is C22H24F3N5O2. The van der Waals surface area contributed by atoms with Crippen molar-refractivity contribution in [2.75, 3.05) is 50.8 Å². The van der Waals surface area contributed by atoms with Crippen LogP contribution in [0.25, 0.3) is 10.9 Å². The maximum Gasteiger partial charge on any atom is 0.393 e. The van der Waals surface area contributed by atoms with Crippen molar-refractivity contribution in [3.63, 3.8) is 0 Å². The number of anilines is 1. The van der Waals surface area contributed by atoms with E-state index in [1.165, 1.54) is 0 Å². The van der Waals surface area contributed by atoms with E-state index in [4.69, 9.17) is 4.74 Å². The topological polar surface area (TPSA) is 81.5 Å². The number of amides is 1. The number of nitriles is 1. The fourth-order valence-corrected chi connectivity index (χ4v) is 4.40. The number of piperidine rings is 1. The van der Waals surface area contributed by atoms with E-state index >= 15 is 0 Å². The van der Waals surface area contributed by atoms with Crippen LogP contribution in [0.15, 0.2) is 30.5 Å². The summed E-state index contributed by atoms with van der Waals surface area (Å²) in [5, 5.41) is 12.8. The molecule has 0 unspecified atom stereocenters. The fourth-order valence-electron chi connectivity index (χ4n) is 4.40. The second kappa shape index (κ2) is 9.30. The number of hydrogen-bond donors (Lipinski definition) is 1. The van der Waals surface area contributed by atoms with Crippen LogP contribution in [0.5, 0.6) is 0 Å². The Hall–Kier alpha value is -2.90. The third-order valence-electron chi connectivity index (χ3n) is 5.96. The number of fused-ring (bicyclic) bond motifs is 1. The fraction of sp³-hybridized carbons (Fsp3) is 0.500. The van der Waals surface area contributed by atoms with E-state index in [2.05, 4.69) is 16.4 Å². The molecule has 10 heteroatoms. The van der Waals surface area contributed by atoms with Gasteiger partial charge in [0, 0.05) is 49.5 Å². The van der Waals surface area contributed by atoms with E-state index in [9.17, 15) is 23.2 Å². The summed E-state index contributed by atoms with van der Waals surface area (Å²) in [6.45, 7) is 2.51. The number of nitrogens with one attached hydrogen (secondary N) is 1. The number of rotatable bonds is 4. The molecule has 2 saturated heterocycles. The first-order valence-electron chi connectivity index (χ1n) is 10.5. The molecule has 0 saturated carbocycles. The van der Waals surface area contributed by atoms with Crippen LogP contribution in [0.2, 0.25) is 0 Å². The molecule has 32 heavy (non-hydrogen) atoms. The Morgan fingerprint density at radius 1 is 1.25 bits per heavy atom. The lowest BCUT2D eigenvalue weighted by atomic mass is 9.92. The molecule has 4 rings (SSSR count). The SMILES string of the molecule is N#Cc1ccc(N2C[C@H](NC(=O)CN3CCOCC3)C[C@H](C(F)(F)F)C2)c2cccnc12. The molecule has 0 bridgehead atoms. The van der Waals surface area contributed by atoms with Crippen molar-refractivity contribution in [1.29, 1.82) is 5.26 Å². The molecule has 2 aliphatic rings. The number of carbonyl (C=O) groups is 1. The van der Waals surface area contributed by atoms with Crippen LogP contribution in [-0.4, -0.2) is 73.9 Å². The average Bonchev–Trinajstić information content (AvgIpc) is 2.78. The zero-order valence-electron chi connectivity index (χ0n) is 17.4. The molecule has 7 nitrogen and oxygen atoms in total. The van der Waals surface area contributed by atoms with Gasteiger partial charge in [-0.15, -0.1) is 0 Å². The number of pyridine rings is 1. The second-order valence-corrected chi connectivity index (χ2v) is 8.18. The maximum absolute atomic E-state index is 13.7. The number of ether oxygens (including phenoxy) is 1. The largest absolute Gasteiger partial charge is 0.393 e. The van der Waals surface area contributed by atoms with Crippen molar-refractivity contribution in [2.24, 2.45) is 5.92 Å². The van der Waals surface area contributed by atoms with Gasteiger partial charge in [-0.05, 0) is 30.7 Å². The minimum Gasteiger partial charge on any atom is -0.379 e. The highest BCUT2D eigenvalue weighted by Gasteiger charge is 2.45. The van der Waals surface area contributed by atoms with Crippen molar-refractivity contribution >= 4 is 22.5 Å². The first kappa shape index (κ1) is 22.3. The summed E-state index contributed by atoms with van der Waals surface area (Å²) in [4.78, 5) is 20.4. The standard InChI is InChI=1S/C22H24F3N5O2/c23-22(24,25)16-10-17(28-20(31)14-29-6-8-32-9-7-29)13-30(12-16)19-4-3-15(11-26)21-18(19)2-1-5-27-21/h1-5,16-17H,6-10,12-14H2,(H,28,31)/t16-,17+/m0/s1. The molecule has 1 aromatic heterocycles. The van der Waals surface area contributed by atoms with Gasteiger partial charge in [0.1, 0.15) is 6.07 Å². The van der Waals surface area contributed by atoms with Crippen molar-refractivity contribution in [3.8, 4) is 6.07 Å². The van der Waals surface area contributed by atoms with Gasteiger partial charge in [-0.25, -0.2) is 0 Å². The van der Waals surface area contributed by atoms with Crippen LogP contribution >= 0.6 is 0 Å². The molecule has 170 valence electrons. The molecule has 1 aromatic carbocycles. The van der Waals surface area contributed by atoms with E-state index in [-0.39, 0.29) is 32.0 Å². The first-order valence-corrected chi connectivity index (χ1v) is 10.5. The Morgan fingerprint density at radius 2 is 2.03 bits per heavy atom. The summed E-state index contributed by atoms with van der Waals surface area (Å²) in [6.07, 6.45) is -3.00. The molecule has 0 aliphatic carbocycles. The molecule has 1 N–H and O–H groups in total. The number of aromatic nitrogens is 1. The smallest absolute Gasteiger partial charge is 0.379 e. The Morgan fingerprint density at radius 3 is 2.75 bits per heavy atom. The van der Waals surface area contributed by atoms with Gasteiger partial charge in [-0.1, -0.05) is 0 Å². The average molecular weight is 447 g/mol. The summed E-state index contributed by atoms with van der Waals surface area (Å²) < 4.78 is 46.5. The van der Waals surface area contributed by atoms with E-state index in [0.717, 1.165) is 0 Å². The van der Waals surface area contributed by atoms with Gasteiger partial charge in [0.2, 0.25) is 5.91 Å². The molecule has 2 fully saturated rings. The van der Waals surface area contributed by atoms with Gasteiger partial charge >= 0.3 is 6.18 Å². The Balaban J connectivity index is 1.56. The minimum absolute atomic E-state index is 0.139. The highest BCUT2D eigenvalue weighted by Crippen LogP contribution is 2.37. The number of carbonyl (C=O) groups excluding carboxylic acids is 1. The summed E-state index contributed by atoms with van der Waals surface area (Å²) in [5.41, 5.74) is 1.40. The number of hydrogen-bond acceptors (Lipinski definition) is 6. The lowest BCUT2D eigenvalue weighted by molar-refractivity contribution is -0.178. The molecule has 0 spiro atoms. The molecule has 2 aliphatic heterocycles. The van der Waals surface area contributed by atoms with Gasteiger partial charge in [0.25, 0.3) is 0 Å². The van der Waals surface area contributed by atoms with Crippen LogP contribution in [0, 0.1) is 17.2 Å². The van der Waals surface area contributed by atoms with Crippen LogP contribution in [0.1, 0.15) is 12.0 Å². The lowest BCUT2D eigenvalue weighted by Crippen LogP contribution is -2.55. The second-order valence-electron chi connectivity index (χ2n) is 8.18. The summed E-state index contributed by atoms with van der Waals surface area (Å²) in [6, 6.07) is 8.11. The van der Waals surface area contributed by atoms with Crippen LogP contribution in [0.3, 0.4) is 0 Å². The summed E-state index contributed by atoms with van der Waals surface area (Å²) in [7, 11) is 0. The lowest BCUT2D eigenvalue weighted by Gasteiger charge is -2.40. The molecule has 3 heterocycles. The van der Waals surface area contributed by atoms with Crippen LogP contribution in [0.4, 0.5) is 18.9 Å². The van der Waals surface area contributed by atoms with E-state index in [1.807, 2.05) is 4.90 Å². The van der Waals surface area contributed by atoms with Gasteiger partial charge in [-0.3, -0.25) is 14.7 Å². The minimum atomic E-state index is -4.38. The molecule has 2 atom stereocenters. The highest BCUT2D eigenvalue weighted by atomic mass is 19.4. The summed E-state index contributed by atoms with van der Waals surface area (Å²) >= 11 is 0. The van der Waals surface area contributed by atoms with Gasteiger partial charge < -0.3 is 15.0 Å². The Bertz CT molecular complexity index is 1020. The maximum atomic E-state index is 13.7. The van der Waals surface area contributed by atoms with Crippen molar-refractivity contribution in [3.05, 3.63) is 36.0 Å². The van der Waals surface area contributed by atoms with E-state index in [1.54, 1.807) is 35.4 Å². The van der Waals surface area contributed by atoms with Gasteiger partial charge in [0.05, 0.1) is 36.8 Å². The van der Waals surface area contributed by atoms with Crippen molar-refractivity contribution in [1.82, 2.24) is 15.2 Å². The summed E-state index contributed by atoms with van der Waals surface area (Å²) in [5.74, 6) is -1.86. The number of nitrogens with zero attached hydrogens (tertiary/aromatic N) is 4. The normalized spacial score (nSPS) is 22.5. The molecular weight excluding hydrogens is 423 g/mol. The predicted molar refractivity (Wildman–Crippen MR) is 112 cm³/mol. The van der Waals surface area contributed by atoms with Crippen LogP contribution < -0.4 is 10.2 Å². The van der Waals surface area contributed by atoms with E-state index in [0.29, 0.717) is 48.5 Å².